The topological polar surface area (TPSA) is 68.5 Å². The second-order valence-electron chi connectivity index (χ2n) is 4.89. The summed E-state index contributed by atoms with van der Waals surface area (Å²) >= 11 is 5.97. The Hall–Kier alpha value is -2.73. The third kappa shape index (κ3) is 2.23. The fourth-order valence-corrected chi connectivity index (χ4v) is 2.57. The van der Waals surface area contributed by atoms with E-state index < -0.39 is 0 Å². The zero-order valence-electron chi connectivity index (χ0n) is 11.4. The van der Waals surface area contributed by atoms with Crippen molar-refractivity contribution in [2.75, 3.05) is 5.32 Å². The van der Waals surface area contributed by atoms with E-state index in [0.717, 1.165) is 16.8 Å². The Morgan fingerprint density at radius 2 is 2.00 bits per heavy atom. The molecule has 1 N–H and O–H groups in total. The third-order valence-electron chi connectivity index (χ3n) is 3.51. The van der Waals surface area contributed by atoms with Crippen LogP contribution < -0.4 is 5.32 Å². The molecule has 1 atom stereocenters. The van der Waals surface area contributed by atoms with Crippen molar-refractivity contribution < 1.29 is 0 Å². The zero-order chi connectivity index (χ0) is 14.9. The van der Waals surface area contributed by atoms with Crippen LogP contribution >= 0.6 is 11.6 Å². The monoisotopic (exact) mass is 310 g/mol. The number of aromatic nitrogens is 5. The molecule has 6 nitrogen and oxygen atoms in total. The van der Waals surface area contributed by atoms with Gasteiger partial charge in [0.1, 0.15) is 6.04 Å². The molecule has 108 valence electrons. The minimum absolute atomic E-state index is 0.0984. The molecule has 0 saturated heterocycles. The number of fused-ring (bicyclic) bond motifs is 1. The molecule has 0 radical (unpaired) electrons. The predicted octanol–water partition coefficient (Wildman–Crippen LogP) is 2.78. The molecule has 22 heavy (non-hydrogen) atoms. The van der Waals surface area contributed by atoms with Gasteiger partial charge in [-0.05, 0) is 46.3 Å². The highest BCUT2D eigenvalue weighted by Gasteiger charge is 2.24. The Morgan fingerprint density at radius 1 is 1.14 bits per heavy atom. The fraction of sp³-hybridized carbons (Fsp3) is 0.0667. The Balaban J connectivity index is 1.81. The average Bonchev–Trinajstić information content (AvgIpc) is 3.04. The summed E-state index contributed by atoms with van der Waals surface area (Å²) in [4.78, 5) is 4.16. The molecule has 1 aliphatic rings. The van der Waals surface area contributed by atoms with Crippen molar-refractivity contribution in [3.63, 3.8) is 0 Å². The minimum Gasteiger partial charge on any atom is -0.323 e. The van der Waals surface area contributed by atoms with E-state index in [4.69, 9.17) is 11.6 Å². The van der Waals surface area contributed by atoms with E-state index in [-0.39, 0.29) is 6.04 Å². The fourth-order valence-electron chi connectivity index (χ4n) is 2.44. The van der Waals surface area contributed by atoms with Gasteiger partial charge in [0.05, 0.1) is 0 Å². The first-order valence-corrected chi connectivity index (χ1v) is 7.11. The maximum Gasteiger partial charge on any atom is 0.248 e. The van der Waals surface area contributed by atoms with Gasteiger partial charge in [-0.1, -0.05) is 28.8 Å². The highest BCUT2D eigenvalue weighted by molar-refractivity contribution is 6.30. The van der Waals surface area contributed by atoms with Crippen LogP contribution in [0.2, 0.25) is 5.02 Å². The maximum absolute atomic E-state index is 5.97. The second-order valence-corrected chi connectivity index (χ2v) is 5.33. The van der Waals surface area contributed by atoms with E-state index >= 15 is 0 Å². The van der Waals surface area contributed by atoms with E-state index in [1.807, 2.05) is 36.4 Å². The van der Waals surface area contributed by atoms with Gasteiger partial charge in [-0.25, -0.2) is 0 Å². The third-order valence-corrected chi connectivity index (χ3v) is 3.76. The van der Waals surface area contributed by atoms with Crippen LogP contribution in [0.25, 0.3) is 5.70 Å². The highest BCUT2D eigenvalue weighted by atomic mass is 35.5. The molecule has 0 aliphatic carbocycles. The van der Waals surface area contributed by atoms with Crippen molar-refractivity contribution >= 4 is 23.2 Å². The first-order valence-electron chi connectivity index (χ1n) is 6.74. The highest BCUT2D eigenvalue weighted by Crippen LogP contribution is 2.31. The second kappa shape index (κ2) is 5.23. The summed E-state index contributed by atoms with van der Waals surface area (Å²) in [5.41, 5.74) is 2.96. The standard InChI is InChI=1S/C15H11ClN6/c16-12-5-3-10(4-6-12)14-8-13(11-2-1-7-17-9-11)18-15-19-20-21-22(14)15/h1-9,14H,(H,18,19,21). The molecular weight excluding hydrogens is 300 g/mol. The smallest absolute Gasteiger partial charge is 0.248 e. The Bertz CT molecular complexity index is 825. The predicted molar refractivity (Wildman–Crippen MR) is 83.2 cm³/mol. The van der Waals surface area contributed by atoms with Crippen LogP contribution in [0, 0.1) is 0 Å². The molecular formula is C15H11ClN6. The number of nitrogens with one attached hydrogen (secondary N) is 1. The van der Waals surface area contributed by atoms with Crippen LogP contribution in [0.15, 0.2) is 54.9 Å². The van der Waals surface area contributed by atoms with Crippen LogP contribution in [-0.4, -0.2) is 25.2 Å². The van der Waals surface area contributed by atoms with Gasteiger partial charge in [0.25, 0.3) is 0 Å². The van der Waals surface area contributed by atoms with Gasteiger partial charge < -0.3 is 5.32 Å². The van der Waals surface area contributed by atoms with E-state index in [2.05, 4.69) is 31.9 Å². The Morgan fingerprint density at radius 3 is 2.77 bits per heavy atom. The zero-order valence-corrected chi connectivity index (χ0v) is 12.1. The summed E-state index contributed by atoms with van der Waals surface area (Å²) in [5, 5.41) is 15.8. The molecule has 7 heteroatoms. The van der Waals surface area contributed by atoms with Gasteiger partial charge in [-0.15, -0.1) is 0 Å². The van der Waals surface area contributed by atoms with Gasteiger partial charge in [0.2, 0.25) is 5.95 Å². The summed E-state index contributed by atoms with van der Waals surface area (Å²) in [7, 11) is 0. The van der Waals surface area contributed by atoms with Crippen LogP contribution in [0.1, 0.15) is 17.2 Å². The van der Waals surface area contributed by atoms with Gasteiger partial charge in [0, 0.05) is 28.7 Å². The van der Waals surface area contributed by atoms with Gasteiger partial charge in [0.15, 0.2) is 0 Å². The molecule has 4 rings (SSSR count). The normalized spacial score (nSPS) is 16.6. The lowest BCUT2D eigenvalue weighted by Gasteiger charge is -2.23. The number of pyridine rings is 1. The van der Waals surface area contributed by atoms with Crippen molar-refractivity contribution in [2.45, 2.75) is 6.04 Å². The Kier molecular flexibility index (Phi) is 3.08. The number of benzene rings is 1. The van der Waals surface area contributed by atoms with Crippen LogP contribution in [0.4, 0.5) is 5.95 Å². The lowest BCUT2D eigenvalue weighted by molar-refractivity contribution is 0.586. The molecule has 3 heterocycles. The van der Waals surface area contributed by atoms with Crippen molar-refractivity contribution in [2.24, 2.45) is 0 Å². The molecule has 2 aromatic heterocycles. The molecule has 1 unspecified atom stereocenters. The van der Waals surface area contributed by atoms with Crippen LogP contribution in [-0.2, 0) is 0 Å². The number of hydrogen-bond acceptors (Lipinski definition) is 5. The van der Waals surface area contributed by atoms with E-state index in [1.54, 1.807) is 17.1 Å². The first kappa shape index (κ1) is 13.0. The minimum atomic E-state index is -0.0984. The molecule has 1 aliphatic heterocycles. The number of nitrogens with zero attached hydrogens (tertiary/aromatic N) is 5. The average molecular weight is 311 g/mol. The molecule has 3 aromatic rings. The summed E-state index contributed by atoms with van der Waals surface area (Å²) < 4.78 is 1.74. The Labute approximate surface area is 131 Å². The molecule has 1 aromatic carbocycles. The summed E-state index contributed by atoms with van der Waals surface area (Å²) in [5.74, 6) is 0.598. The van der Waals surface area contributed by atoms with Crippen molar-refractivity contribution in [3.05, 3.63) is 71.0 Å². The number of halogens is 1. The molecule has 0 bridgehead atoms. The first-order chi connectivity index (χ1) is 10.8. The number of rotatable bonds is 2. The molecule has 0 saturated carbocycles. The lowest BCUT2D eigenvalue weighted by Crippen LogP contribution is -2.20. The van der Waals surface area contributed by atoms with Crippen LogP contribution in [0.3, 0.4) is 0 Å². The van der Waals surface area contributed by atoms with Gasteiger partial charge in [-0.3, -0.25) is 4.98 Å². The van der Waals surface area contributed by atoms with E-state index in [9.17, 15) is 0 Å². The summed E-state index contributed by atoms with van der Waals surface area (Å²) in [6, 6.07) is 11.5. The lowest BCUT2D eigenvalue weighted by atomic mass is 10.0. The van der Waals surface area contributed by atoms with Crippen LogP contribution in [0.5, 0.6) is 0 Å². The van der Waals surface area contributed by atoms with Crippen molar-refractivity contribution in [1.29, 1.82) is 0 Å². The molecule has 0 amide bonds. The van der Waals surface area contributed by atoms with E-state index in [0.29, 0.717) is 11.0 Å². The summed E-state index contributed by atoms with van der Waals surface area (Å²) in [6.07, 6.45) is 5.62. The van der Waals surface area contributed by atoms with Gasteiger partial charge >= 0.3 is 0 Å². The number of tetrazole rings is 1. The number of allylic oxidation sites excluding steroid dienone is 1. The maximum atomic E-state index is 5.97. The molecule has 0 fully saturated rings. The summed E-state index contributed by atoms with van der Waals surface area (Å²) in [6.45, 7) is 0. The van der Waals surface area contributed by atoms with E-state index in [1.165, 1.54) is 0 Å². The van der Waals surface area contributed by atoms with Crippen molar-refractivity contribution in [3.8, 4) is 0 Å². The van der Waals surface area contributed by atoms with Crippen molar-refractivity contribution in [1.82, 2.24) is 25.2 Å². The van der Waals surface area contributed by atoms with Gasteiger partial charge in [-0.2, -0.15) is 4.68 Å². The molecule has 0 spiro atoms. The largest absolute Gasteiger partial charge is 0.323 e. The SMILES string of the molecule is Clc1ccc(C2C=C(c3cccnc3)Nc3nnnn32)cc1. The quantitative estimate of drug-likeness (QED) is 0.788. The number of hydrogen-bond donors (Lipinski definition) is 1. The number of anilines is 1.